The molecule has 0 saturated heterocycles. The maximum absolute atomic E-state index is 11.7. The van der Waals surface area contributed by atoms with Crippen molar-refractivity contribution in [1.82, 2.24) is 9.78 Å². The number of anilines is 1. The van der Waals surface area contributed by atoms with Gasteiger partial charge in [0.25, 0.3) is 0 Å². The Balaban J connectivity index is 2.94. The van der Waals surface area contributed by atoms with Crippen LogP contribution in [0.15, 0.2) is 11.1 Å². The third kappa shape index (κ3) is 4.78. The smallest absolute Gasteiger partial charge is 0.243 e. The molecule has 1 rings (SSSR count). The predicted octanol–water partition coefficient (Wildman–Crippen LogP) is -1.15. The molecule has 11 heteroatoms. The quantitative estimate of drug-likeness (QED) is 0.610. The lowest BCUT2D eigenvalue weighted by molar-refractivity contribution is 0.163. The standard InChI is InChI=1S/C8H16N4O5S2/c1-3-17-4-5-18(13,14)11-8-7(19(9,15)16)6-12(2)10-8/h6H,3-5H2,1-2H3,(H,10,11)(H2,9,15,16). The zero-order valence-corrected chi connectivity index (χ0v) is 12.2. The number of nitrogens with one attached hydrogen (secondary N) is 1. The monoisotopic (exact) mass is 312 g/mol. The molecular formula is C8H16N4O5S2. The third-order valence-corrected chi connectivity index (χ3v) is 4.17. The van der Waals surface area contributed by atoms with Crippen LogP contribution in [0.1, 0.15) is 6.92 Å². The fourth-order valence-corrected chi connectivity index (χ4v) is 2.87. The Labute approximate surface area is 111 Å². The highest BCUT2D eigenvalue weighted by Crippen LogP contribution is 2.18. The van der Waals surface area contributed by atoms with Crippen LogP contribution in [-0.2, 0) is 31.8 Å². The summed E-state index contributed by atoms with van der Waals surface area (Å²) in [5, 5.41) is 8.69. The Kier molecular flexibility index (Phi) is 4.90. The molecule has 9 nitrogen and oxygen atoms in total. The fraction of sp³-hybridized carbons (Fsp3) is 0.625. The lowest BCUT2D eigenvalue weighted by Crippen LogP contribution is -2.22. The van der Waals surface area contributed by atoms with Gasteiger partial charge in [0, 0.05) is 19.9 Å². The average Bonchev–Trinajstić information content (AvgIpc) is 2.58. The Hall–Kier alpha value is -1.17. The summed E-state index contributed by atoms with van der Waals surface area (Å²) in [6.07, 6.45) is 1.12. The van der Waals surface area contributed by atoms with E-state index in [1.165, 1.54) is 7.05 Å². The van der Waals surface area contributed by atoms with Gasteiger partial charge in [0.2, 0.25) is 20.0 Å². The van der Waals surface area contributed by atoms with Crippen LogP contribution < -0.4 is 9.86 Å². The van der Waals surface area contributed by atoms with Gasteiger partial charge in [-0.05, 0) is 6.92 Å². The number of rotatable bonds is 7. The van der Waals surface area contributed by atoms with Crippen molar-refractivity contribution >= 4 is 25.9 Å². The number of sulfonamides is 2. The molecule has 0 amide bonds. The topological polar surface area (TPSA) is 133 Å². The van der Waals surface area contributed by atoms with Crippen molar-refractivity contribution in [3.05, 3.63) is 6.20 Å². The van der Waals surface area contributed by atoms with Crippen LogP contribution in [0.2, 0.25) is 0 Å². The molecule has 0 radical (unpaired) electrons. The van der Waals surface area contributed by atoms with Crippen molar-refractivity contribution in [3.8, 4) is 0 Å². The molecule has 0 aromatic carbocycles. The molecule has 0 aliphatic heterocycles. The Morgan fingerprint density at radius 1 is 1.42 bits per heavy atom. The Morgan fingerprint density at radius 3 is 2.58 bits per heavy atom. The fourth-order valence-electron chi connectivity index (χ4n) is 1.26. The van der Waals surface area contributed by atoms with E-state index in [9.17, 15) is 16.8 Å². The molecule has 0 spiro atoms. The molecule has 1 aromatic rings. The van der Waals surface area contributed by atoms with Gasteiger partial charge >= 0.3 is 0 Å². The van der Waals surface area contributed by atoms with E-state index in [1.54, 1.807) is 6.92 Å². The summed E-state index contributed by atoms with van der Waals surface area (Å²) < 4.78 is 54.1. The van der Waals surface area contributed by atoms with Crippen molar-refractivity contribution in [3.63, 3.8) is 0 Å². The summed E-state index contributed by atoms with van der Waals surface area (Å²) in [5.41, 5.74) is 0. The van der Waals surface area contributed by atoms with Crippen molar-refractivity contribution in [2.75, 3.05) is 23.7 Å². The van der Waals surface area contributed by atoms with E-state index in [0.717, 1.165) is 10.9 Å². The Bertz CT molecular complexity index is 634. The first-order valence-electron chi connectivity index (χ1n) is 5.30. The molecule has 0 fully saturated rings. The highest BCUT2D eigenvalue weighted by Gasteiger charge is 2.22. The van der Waals surface area contributed by atoms with Gasteiger partial charge in [-0.3, -0.25) is 9.40 Å². The molecule has 0 aliphatic carbocycles. The first kappa shape index (κ1) is 15.9. The zero-order chi connectivity index (χ0) is 14.7. The molecule has 110 valence electrons. The molecule has 0 unspecified atom stereocenters. The van der Waals surface area contributed by atoms with Gasteiger partial charge < -0.3 is 4.74 Å². The van der Waals surface area contributed by atoms with Gasteiger partial charge in [0.15, 0.2) is 5.82 Å². The van der Waals surface area contributed by atoms with Crippen molar-refractivity contribution in [2.45, 2.75) is 11.8 Å². The lowest BCUT2D eigenvalue weighted by Gasteiger charge is -2.06. The number of aromatic nitrogens is 2. The van der Waals surface area contributed by atoms with E-state index >= 15 is 0 Å². The zero-order valence-electron chi connectivity index (χ0n) is 10.5. The van der Waals surface area contributed by atoms with Gasteiger partial charge in [-0.1, -0.05) is 0 Å². The molecule has 0 bridgehead atoms. The number of nitrogens with two attached hydrogens (primary N) is 1. The average molecular weight is 312 g/mol. The van der Waals surface area contributed by atoms with E-state index in [4.69, 9.17) is 9.88 Å². The summed E-state index contributed by atoms with van der Waals surface area (Å²) in [5.74, 6) is -0.622. The maximum atomic E-state index is 11.7. The second kappa shape index (κ2) is 5.86. The Morgan fingerprint density at radius 2 is 2.05 bits per heavy atom. The molecular weight excluding hydrogens is 296 g/mol. The number of ether oxygens (including phenoxy) is 1. The second-order valence-electron chi connectivity index (χ2n) is 3.68. The molecule has 1 aromatic heterocycles. The van der Waals surface area contributed by atoms with Crippen molar-refractivity contribution in [1.29, 1.82) is 0 Å². The van der Waals surface area contributed by atoms with E-state index in [2.05, 4.69) is 9.82 Å². The van der Waals surface area contributed by atoms with E-state index in [-0.39, 0.29) is 23.1 Å². The van der Waals surface area contributed by atoms with Crippen molar-refractivity contribution in [2.24, 2.45) is 12.2 Å². The van der Waals surface area contributed by atoms with Gasteiger partial charge in [-0.2, -0.15) is 5.10 Å². The summed E-state index contributed by atoms with van der Waals surface area (Å²) in [6.45, 7) is 2.13. The van der Waals surface area contributed by atoms with Crippen LogP contribution in [0.25, 0.3) is 0 Å². The largest absolute Gasteiger partial charge is 0.381 e. The summed E-state index contributed by atoms with van der Waals surface area (Å²) in [7, 11) is -6.35. The molecule has 0 atom stereocenters. The first-order valence-corrected chi connectivity index (χ1v) is 8.50. The third-order valence-electron chi connectivity index (χ3n) is 2.05. The molecule has 19 heavy (non-hydrogen) atoms. The van der Waals surface area contributed by atoms with Gasteiger partial charge in [0.05, 0.1) is 12.4 Å². The highest BCUT2D eigenvalue weighted by atomic mass is 32.2. The summed E-state index contributed by atoms with van der Waals surface area (Å²) in [4.78, 5) is -0.380. The normalized spacial score (nSPS) is 12.6. The molecule has 0 aliphatic rings. The lowest BCUT2D eigenvalue weighted by atomic mass is 10.7. The number of nitrogens with zero attached hydrogens (tertiary/aromatic N) is 2. The van der Waals surface area contributed by atoms with Crippen molar-refractivity contribution < 1.29 is 21.6 Å². The minimum Gasteiger partial charge on any atom is -0.381 e. The minimum atomic E-state index is -4.05. The molecule has 1 heterocycles. The number of hydrogen-bond donors (Lipinski definition) is 2. The van der Waals surface area contributed by atoms with Crippen LogP contribution in [0.3, 0.4) is 0 Å². The van der Waals surface area contributed by atoms with Gasteiger partial charge in [-0.15, -0.1) is 0 Å². The minimum absolute atomic E-state index is 0.00335. The second-order valence-corrected chi connectivity index (χ2v) is 7.05. The van der Waals surface area contributed by atoms with E-state index in [0.29, 0.717) is 6.61 Å². The number of aryl methyl sites for hydroxylation is 1. The van der Waals surface area contributed by atoms with Crippen LogP contribution in [0.5, 0.6) is 0 Å². The van der Waals surface area contributed by atoms with Gasteiger partial charge in [-0.25, -0.2) is 22.0 Å². The van der Waals surface area contributed by atoms with Crippen LogP contribution in [-0.4, -0.2) is 45.6 Å². The van der Waals surface area contributed by atoms with Crippen LogP contribution in [0.4, 0.5) is 5.82 Å². The maximum Gasteiger partial charge on any atom is 0.243 e. The first-order chi connectivity index (χ1) is 8.65. The van der Waals surface area contributed by atoms with Crippen LogP contribution >= 0.6 is 0 Å². The summed E-state index contributed by atoms with van der Waals surface area (Å²) >= 11 is 0. The SMILES string of the molecule is CCOCCS(=O)(=O)Nc1nn(C)cc1S(N)(=O)=O. The van der Waals surface area contributed by atoms with E-state index in [1.807, 2.05) is 0 Å². The van der Waals surface area contributed by atoms with Crippen LogP contribution in [0, 0.1) is 0 Å². The molecule has 0 saturated carbocycles. The van der Waals surface area contributed by atoms with E-state index < -0.39 is 20.0 Å². The number of primary sulfonamides is 1. The highest BCUT2D eigenvalue weighted by molar-refractivity contribution is 7.93. The predicted molar refractivity (Wildman–Crippen MR) is 68.5 cm³/mol. The van der Waals surface area contributed by atoms with Gasteiger partial charge in [0.1, 0.15) is 4.90 Å². The summed E-state index contributed by atoms with van der Waals surface area (Å²) in [6, 6.07) is 0. The number of hydrogen-bond acceptors (Lipinski definition) is 6. The molecule has 3 N–H and O–H groups in total.